The number of ketones is 1. The number of aliphatic carboxylic acids is 1. The zero-order valence-corrected chi connectivity index (χ0v) is 33.0. The molecule has 6 rings (SSSR count). The van der Waals surface area contributed by atoms with Gasteiger partial charge in [0.2, 0.25) is 17.5 Å². The topological polar surface area (TPSA) is 176 Å². The lowest BCUT2D eigenvalue weighted by molar-refractivity contribution is -0.401. The van der Waals surface area contributed by atoms with Crippen molar-refractivity contribution >= 4 is 50.8 Å². The molecule has 0 aromatic heterocycles. The Morgan fingerprint density at radius 3 is 2.33 bits per heavy atom. The van der Waals surface area contributed by atoms with E-state index in [9.17, 15) is 32.1 Å². The van der Waals surface area contributed by atoms with Crippen LogP contribution in [0.3, 0.4) is 0 Å². The first-order chi connectivity index (χ1) is 25.8. The van der Waals surface area contributed by atoms with Crippen LogP contribution in [0.25, 0.3) is 0 Å². The van der Waals surface area contributed by atoms with E-state index in [1.807, 2.05) is 67.5 Å². The maximum Gasteiger partial charge on any atom is 0.303 e. The van der Waals surface area contributed by atoms with Crippen LogP contribution in [-0.4, -0.2) is 102 Å². The predicted octanol–water partition coefficient (Wildman–Crippen LogP) is 3.98. The van der Waals surface area contributed by atoms with Gasteiger partial charge in [-0.2, -0.15) is 13.0 Å². The van der Waals surface area contributed by atoms with Crippen molar-refractivity contribution < 1.29 is 41.8 Å². The molecule has 0 saturated carbocycles. The molecule has 14 heteroatoms. The van der Waals surface area contributed by atoms with Crippen LogP contribution in [0.2, 0.25) is 0 Å². The van der Waals surface area contributed by atoms with Crippen LogP contribution < -0.4 is 15.5 Å². The Kier molecular flexibility index (Phi) is 10.7. The first kappa shape index (κ1) is 39.6. The zero-order chi connectivity index (χ0) is 40.0. The smallest absolute Gasteiger partial charge is 0.303 e. The quantitative estimate of drug-likeness (QED) is 0.101. The molecule has 1 fully saturated rings. The molecule has 3 aliphatic heterocycles. The number of nitrogens with zero attached hydrogens (tertiary/aromatic N) is 3. The van der Waals surface area contributed by atoms with Crippen LogP contribution in [0.5, 0.6) is 0 Å². The van der Waals surface area contributed by atoms with Gasteiger partial charge in [-0.15, -0.1) is 0 Å². The first-order valence-electron chi connectivity index (χ1n) is 18.6. The zero-order valence-electron chi connectivity index (χ0n) is 32.2. The number of fused-ring (bicyclic) bond motifs is 2. The average molecular weight is 773 g/mol. The highest BCUT2D eigenvalue weighted by atomic mass is 32.2. The van der Waals surface area contributed by atoms with Gasteiger partial charge in [-0.05, 0) is 57.2 Å². The molecule has 4 N–H and O–H groups in total. The van der Waals surface area contributed by atoms with Crippen molar-refractivity contribution in [3.8, 4) is 0 Å². The number of nitrogens with one attached hydrogen (secondary N) is 2. The molecule has 0 unspecified atom stereocenters. The third-order valence-corrected chi connectivity index (χ3v) is 12.2. The first-order valence-corrected chi connectivity index (χ1v) is 20.2. The number of carboxylic acid groups (broad SMARTS) is 1. The van der Waals surface area contributed by atoms with Crippen LogP contribution >= 0.6 is 0 Å². The minimum atomic E-state index is -4.69. The number of hydrogen-bond donors (Lipinski definition) is 4. The standard InChI is InChI=1S/C41H49N5O8S/c1-40(2)27-14-7-9-16-30(27)44(5)33(40)22-25-36(26(37(25)49)23-34-41(3,4)28-15-8-10-17-31(28)45(34)6)46-21-13-18-32(46)39(51)43-29(24-55(52,53)54)38(50)42-20-12-11-19-35(47)48/h7-10,14-17,22-23,29,32H,11-13,18-21,24H2,1-6H3,(H3-,42,43,47,48,50,51,52,53,54)/p+1/t29-,32+/m0/s1. The van der Waals surface area contributed by atoms with Gasteiger partial charge in [0, 0.05) is 66.6 Å². The van der Waals surface area contributed by atoms with E-state index >= 15 is 0 Å². The molecule has 3 heterocycles. The lowest BCUT2D eigenvalue weighted by Crippen LogP contribution is -2.55. The Morgan fingerprint density at radius 2 is 1.67 bits per heavy atom. The number of Topliss-reactive ketones (excluding diaryl/α,β-unsaturated/α-hetero) is 1. The molecular weight excluding hydrogens is 723 g/mol. The van der Waals surface area contributed by atoms with E-state index in [0.717, 1.165) is 33.9 Å². The monoisotopic (exact) mass is 772 g/mol. The van der Waals surface area contributed by atoms with Gasteiger partial charge < -0.3 is 25.5 Å². The van der Waals surface area contributed by atoms with Crippen LogP contribution in [0, 0.1) is 0 Å². The largest absolute Gasteiger partial charge is 0.481 e. The maximum atomic E-state index is 14.4. The number of likely N-dealkylation sites (tertiary alicyclic amines) is 1. The highest BCUT2D eigenvalue weighted by Gasteiger charge is 2.49. The highest BCUT2D eigenvalue weighted by Crippen LogP contribution is 2.49. The second-order valence-corrected chi connectivity index (χ2v) is 17.3. The molecule has 0 radical (unpaired) electrons. The van der Waals surface area contributed by atoms with E-state index in [4.69, 9.17) is 5.11 Å². The van der Waals surface area contributed by atoms with Crippen LogP contribution in [0.15, 0.2) is 83.2 Å². The Labute approximate surface area is 322 Å². The van der Waals surface area contributed by atoms with Crippen molar-refractivity contribution in [2.75, 3.05) is 37.8 Å². The lowest BCUT2D eigenvalue weighted by Gasteiger charge is -2.37. The third-order valence-electron chi connectivity index (χ3n) is 11.4. The number of anilines is 1. The van der Waals surface area contributed by atoms with Gasteiger partial charge in [0.15, 0.2) is 11.5 Å². The summed E-state index contributed by atoms with van der Waals surface area (Å²) in [5.74, 6) is -3.61. The summed E-state index contributed by atoms with van der Waals surface area (Å²) in [7, 11) is -0.740. The number of carbonyl (C=O) groups excluding carboxylic acids is 3. The molecule has 13 nitrogen and oxygen atoms in total. The fourth-order valence-electron chi connectivity index (χ4n) is 8.52. The minimum Gasteiger partial charge on any atom is -0.481 e. The van der Waals surface area contributed by atoms with Crippen molar-refractivity contribution in [2.24, 2.45) is 0 Å². The maximum absolute atomic E-state index is 14.4. The molecule has 0 bridgehead atoms. The van der Waals surface area contributed by atoms with Gasteiger partial charge in [-0.25, -0.2) is 0 Å². The van der Waals surface area contributed by atoms with E-state index in [1.165, 1.54) is 0 Å². The van der Waals surface area contributed by atoms with Crippen molar-refractivity contribution in [1.29, 1.82) is 0 Å². The average Bonchev–Trinajstić information content (AvgIpc) is 3.73. The molecule has 4 aliphatic rings. The van der Waals surface area contributed by atoms with Gasteiger partial charge in [0.25, 0.3) is 10.1 Å². The summed E-state index contributed by atoms with van der Waals surface area (Å²) in [6, 6.07) is 13.7. The molecule has 2 aromatic carbocycles. The SMILES string of the molecule is CN1C(=CC2=C(N3CCC[C@@H]3C(=O)N[C@@H](CS(=O)(=O)O)C(=O)NCCCCC(=O)O)C(=CC3=[N+](C)c4ccccc4C3(C)C)C2=O)C(C)(C)c2ccccc21. The molecule has 2 amide bonds. The van der Waals surface area contributed by atoms with E-state index in [-0.39, 0.29) is 18.7 Å². The van der Waals surface area contributed by atoms with Crippen LogP contribution in [-0.2, 0) is 40.1 Å². The molecule has 2 aromatic rings. The summed E-state index contributed by atoms with van der Waals surface area (Å²) in [4.78, 5) is 56.5. The number of carbonyl (C=O) groups is 4. The van der Waals surface area contributed by atoms with Crippen molar-refractivity contribution in [3.63, 3.8) is 0 Å². The van der Waals surface area contributed by atoms with Crippen molar-refractivity contribution in [1.82, 2.24) is 15.5 Å². The molecular formula is C41H50N5O8S+. The van der Waals surface area contributed by atoms with Gasteiger partial charge in [-0.1, -0.05) is 50.2 Å². The number of likely N-dealkylation sites (N-methyl/N-ethyl adjacent to an activating group) is 1. The van der Waals surface area contributed by atoms with Gasteiger partial charge in [-0.3, -0.25) is 23.7 Å². The number of hydrogen-bond acceptors (Lipinski definition) is 8. The Morgan fingerprint density at radius 1 is 1.00 bits per heavy atom. The number of para-hydroxylation sites is 2. The third kappa shape index (κ3) is 7.49. The van der Waals surface area contributed by atoms with Crippen LogP contribution in [0.4, 0.5) is 11.4 Å². The van der Waals surface area contributed by atoms with Crippen molar-refractivity contribution in [3.05, 3.63) is 94.4 Å². The number of amides is 2. The number of rotatable bonds is 13. The van der Waals surface area contributed by atoms with E-state index in [0.29, 0.717) is 49.1 Å². The Bertz CT molecular complexity index is 2200. The number of carboxylic acids is 1. The lowest BCUT2D eigenvalue weighted by atomic mass is 9.76. The van der Waals surface area contributed by atoms with Gasteiger partial charge in [0.1, 0.15) is 24.9 Å². The molecule has 2 atom stereocenters. The fourth-order valence-corrected chi connectivity index (χ4v) is 9.17. The molecule has 1 aliphatic carbocycles. The summed E-state index contributed by atoms with van der Waals surface area (Å²) in [6.45, 7) is 8.94. The second kappa shape index (κ2) is 14.9. The van der Waals surface area contributed by atoms with E-state index in [2.05, 4.69) is 59.9 Å². The molecule has 292 valence electrons. The highest BCUT2D eigenvalue weighted by molar-refractivity contribution is 7.85. The number of allylic oxidation sites excluding steroid dienone is 5. The fraction of sp³-hybridized carbons (Fsp3) is 0.439. The normalized spacial score (nSPS) is 21.9. The second-order valence-electron chi connectivity index (χ2n) is 15.8. The van der Waals surface area contributed by atoms with Crippen molar-refractivity contribution in [2.45, 2.75) is 82.7 Å². The summed E-state index contributed by atoms with van der Waals surface area (Å²) in [5, 5.41) is 14.0. The van der Waals surface area contributed by atoms with E-state index in [1.54, 1.807) is 0 Å². The summed E-state index contributed by atoms with van der Waals surface area (Å²) in [6.07, 6.45) is 5.34. The van der Waals surface area contributed by atoms with E-state index < -0.39 is 56.6 Å². The Hall–Kier alpha value is -5.08. The summed E-state index contributed by atoms with van der Waals surface area (Å²) < 4.78 is 35.7. The van der Waals surface area contributed by atoms with Gasteiger partial charge >= 0.3 is 5.97 Å². The van der Waals surface area contributed by atoms with Gasteiger partial charge in [0.05, 0.1) is 16.7 Å². The number of unbranched alkanes of at least 4 members (excludes halogenated alkanes) is 1. The Balaban J connectivity index is 1.37. The number of benzene rings is 2. The summed E-state index contributed by atoms with van der Waals surface area (Å²) >= 11 is 0. The molecule has 1 saturated heterocycles. The van der Waals surface area contributed by atoms with Crippen LogP contribution in [0.1, 0.15) is 70.9 Å². The summed E-state index contributed by atoms with van der Waals surface area (Å²) in [5.41, 5.74) is 6.82. The molecule has 55 heavy (non-hydrogen) atoms. The molecule has 0 spiro atoms. The predicted molar refractivity (Wildman–Crippen MR) is 209 cm³/mol. The minimum absolute atomic E-state index is 0.0584.